The summed E-state index contributed by atoms with van der Waals surface area (Å²) in [6, 6.07) is 4.16. The zero-order valence-corrected chi connectivity index (χ0v) is 10.3. The van der Waals surface area contributed by atoms with Gasteiger partial charge in [-0.3, -0.25) is 4.79 Å². The van der Waals surface area contributed by atoms with Gasteiger partial charge in [0.1, 0.15) is 5.82 Å². The van der Waals surface area contributed by atoms with Crippen molar-refractivity contribution in [2.75, 3.05) is 6.54 Å². The van der Waals surface area contributed by atoms with E-state index in [1.807, 2.05) is 13.8 Å². The molecule has 0 aliphatic carbocycles. The van der Waals surface area contributed by atoms with Crippen LogP contribution in [0.1, 0.15) is 29.8 Å². The van der Waals surface area contributed by atoms with E-state index in [0.29, 0.717) is 5.56 Å². The minimum absolute atomic E-state index is 0.0737. The first-order valence-corrected chi connectivity index (χ1v) is 5.63. The summed E-state index contributed by atoms with van der Waals surface area (Å²) < 4.78 is 13.1. The first-order valence-electron chi connectivity index (χ1n) is 5.63. The minimum Gasteiger partial charge on any atom is -0.391 e. The van der Waals surface area contributed by atoms with Crippen LogP contribution in [0.5, 0.6) is 0 Å². The van der Waals surface area contributed by atoms with Crippen LogP contribution < -0.4 is 5.32 Å². The molecule has 1 aromatic carbocycles. The molecule has 0 saturated carbocycles. The number of carbonyl (C=O) groups is 1. The van der Waals surface area contributed by atoms with Gasteiger partial charge < -0.3 is 10.4 Å². The smallest absolute Gasteiger partial charge is 0.251 e. The summed E-state index contributed by atoms with van der Waals surface area (Å²) in [5.74, 6) is -0.726. The van der Waals surface area contributed by atoms with Crippen molar-refractivity contribution in [3.8, 4) is 0 Å². The number of hydrogen-bond acceptors (Lipinski definition) is 2. The van der Waals surface area contributed by atoms with Crippen LogP contribution in [0.3, 0.4) is 0 Å². The number of benzene rings is 1. The van der Waals surface area contributed by atoms with E-state index in [1.165, 1.54) is 12.1 Å². The molecule has 94 valence electrons. The maximum Gasteiger partial charge on any atom is 0.251 e. The molecule has 0 saturated heterocycles. The normalized spacial score (nSPS) is 12.6. The second-order valence-electron chi connectivity index (χ2n) is 4.54. The number of halogens is 1. The second kappa shape index (κ2) is 5.77. The molecule has 1 aromatic rings. The van der Waals surface area contributed by atoms with Gasteiger partial charge >= 0.3 is 0 Å². The average Bonchev–Trinajstić information content (AvgIpc) is 2.23. The van der Waals surface area contributed by atoms with Gasteiger partial charge in [-0.15, -0.1) is 0 Å². The van der Waals surface area contributed by atoms with Crippen LogP contribution in [0, 0.1) is 18.7 Å². The molecule has 0 aliphatic heterocycles. The highest BCUT2D eigenvalue weighted by Crippen LogP contribution is 2.08. The Kier molecular flexibility index (Phi) is 4.63. The summed E-state index contributed by atoms with van der Waals surface area (Å²) >= 11 is 0. The van der Waals surface area contributed by atoms with Crippen LogP contribution in [0.25, 0.3) is 0 Å². The fourth-order valence-corrected chi connectivity index (χ4v) is 1.40. The number of aliphatic hydroxyl groups excluding tert-OH is 1. The summed E-state index contributed by atoms with van der Waals surface area (Å²) in [5.41, 5.74) is 0.970. The molecule has 0 fully saturated rings. The van der Waals surface area contributed by atoms with Crippen molar-refractivity contribution in [2.24, 2.45) is 5.92 Å². The second-order valence-corrected chi connectivity index (χ2v) is 4.54. The van der Waals surface area contributed by atoms with Gasteiger partial charge in [-0.1, -0.05) is 13.8 Å². The van der Waals surface area contributed by atoms with Gasteiger partial charge in [0, 0.05) is 12.1 Å². The average molecular weight is 239 g/mol. The van der Waals surface area contributed by atoms with Crippen molar-refractivity contribution in [3.05, 3.63) is 35.1 Å². The van der Waals surface area contributed by atoms with E-state index in [1.54, 1.807) is 13.0 Å². The molecule has 0 bridgehead atoms. The predicted molar refractivity (Wildman–Crippen MR) is 64.3 cm³/mol. The Morgan fingerprint density at radius 2 is 2.06 bits per heavy atom. The van der Waals surface area contributed by atoms with Crippen molar-refractivity contribution in [1.82, 2.24) is 5.32 Å². The summed E-state index contributed by atoms with van der Waals surface area (Å²) in [5, 5.41) is 12.1. The molecule has 0 aromatic heterocycles. The van der Waals surface area contributed by atoms with Crippen molar-refractivity contribution in [2.45, 2.75) is 26.9 Å². The molecule has 17 heavy (non-hydrogen) atoms. The third-order valence-electron chi connectivity index (χ3n) is 2.55. The van der Waals surface area contributed by atoms with E-state index >= 15 is 0 Å². The minimum atomic E-state index is -0.589. The highest BCUT2D eigenvalue weighted by Gasteiger charge is 2.12. The van der Waals surface area contributed by atoms with Crippen molar-refractivity contribution >= 4 is 5.91 Å². The fourth-order valence-electron chi connectivity index (χ4n) is 1.40. The van der Waals surface area contributed by atoms with Gasteiger partial charge in [0.15, 0.2) is 0 Å². The number of amides is 1. The lowest BCUT2D eigenvalue weighted by molar-refractivity contribution is 0.0871. The molecule has 1 atom stereocenters. The molecule has 0 heterocycles. The molecule has 4 heteroatoms. The van der Waals surface area contributed by atoms with E-state index in [9.17, 15) is 14.3 Å². The molecular formula is C13H18FNO2. The third-order valence-corrected chi connectivity index (χ3v) is 2.55. The van der Waals surface area contributed by atoms with Crippen LogP contribution in [0.15, 0.2) is 18.2 Å². The number of nitrogens with one attached hydrogen (secondary N) is 1. The van der Waals surface area contributed by atoms with Crippen molar-refractivity contribution in [3.63, 3.8) is 0 Å². The molecule has 1 unspecified atom stereocenters. The summed E-state index contributed by atoms with van der Waals surface area (Å²) in [6.07, 6.45) is -0.589. The maximum atomic E-state index is 13.1. The van der Waals surface area contributed by atoms with Gasteiger partial charge in [0.25, 0.3) is 5.91 Å². The molecule has 1 amide bonds. The Hall–Kier alpha value is -1.42. The van der Waals surface area contributed by atoms with Gasteiger partial charge in [0.05, 0.1) is 6.10 Å². The van der Waals surface area contributed by atoms with Crippen LogP contribution in [0.2, 0.25) is 0 Å². The zero-order valence-electron chi connectivity index (χ0n) is 10.3. The van der Waals surface area contributed by atoms with E-state index in [-0.39, 0.29) is 23.9 Å². The van der Waals surface area contributed by atoms with Crippen LogP contribution in [-0.2, 0) is 0 Å². The van der Waals surface area contributed by atoms with E-state index in [2.05, 4.69) is 5.32 Å². The van der Waals surface area contributed by atoms with Gasteiger partial charge in [-0.05, 0) is 36.6 Å². The topological polar surface area (TPSA) is 49.3 Å². The van der Waals surface area contributed by atoms with Crippen LogP contribution in [0.4, 0.5) is 4.39 Å². The Morgan fingerprint density at radius 3 is 2.59 bits per heavy atom. The van der Waals surface area contributed by atoms with E-state index < -0.39 is 11.9 Å². The quantitative estimate of drug-likeness (QED) is 0.842. The fraction of sp³-hybridized carbons (Fsp3) is 0.462. The SMILES string of the molecule is Cc1cc(F)cc(C(=O)NCC(O)C(C)C)c1. The monoisotopic (exact) mass is 239 g/mol. The molecular weight excluding hydrogens is 221 g/mol. The van der Waals surface area contributed by atoms with E-state index in [4.69, 9.17) is 0 Å². The number of aryl methyl sites for hydroxylation is 1. The van der Waals surface area contributed by atoms with E-state index in [0.717, 1.165) is 0 Å². The highest BCUT2D eigenvalue weighted by atomic mass is 19.1. The number of hydrogen-bond donors (Lipinski definition) is 2. The molecule has 0 aliphatic rings. The molecule has 3 nitrogen and oxygen atoms in total. The predicted octanol–water partition coefficient (Wildman–Crippen LogP) is 1.88. The Morgan fingerprint density at radius 1 is 1.41 bits per heavy atom. The Bertz CT molecular complexity index is 384. The lowest BCUT2D eigenvalue weighted by Gasteiger charge is -2.15. The number of carbonyl (C=O) groups excluding carboxylic acids is 1. The summed E-state index contributed by atoms with van der Waals surface area (Å²) in [4.78, 5) is 11.7. The standard InChI is InChI=1S/C13H18FNO2/c1-8(2)12(16)7-15-13(17)10-4-9(3)5-11(14)6-10/h4-6,8,12,16H,7H2,1-3H3,(H,15,17). The van der Waals surface area contributed by atoms with Crippen LogP contribution >= 0.6 is 0 Å². The Labute approximate surface area is 101 Å². The molecule has 1 rings (SSSR count). The number of rotatable bonds is 4. The van der Waals surface area contributed by atoms with Crippen molar-refractivity contribution < 1.29 is 14.3 Å². The summed E-state index contributed by atoms with van der Waals surface area (Å²) in [7, 11) is 0. The summed E-state index contributed by atoms with van der Waals surface area (Å²) in [6.45, 7) is 5.63. The van der Waals surface area contributed by atoms with Gasteiger partial charge in [-0.25, -0.2) is 4.39 Å². The molecule has 0 spiro atoms. The van der Waals surface area contributed by atoms with Gasteiger partial charge in [-0.2, -0.15) is 0 Å². The first kappa shape index (κ1) is 13.6. The lowest BCUT2D eigenvalue weighted by Crippen LogP contribution is -2.34. The lowest BCUT2D eigenvalue weighted by atomic mass is 10.1. The highest BCUT2D eigenvalue weighted by molar-refractivity contribution is 5.94. The largest absolute Gasteiger partial charge is 0.391 e. The first-order chi connectivity index (χ1) is 7.90. The molecule has 0 radical (unpaired) electrons. The number of aliphatic hydroxyl groups is 1. The van der Waals surface area contributed by atoms with Crippen molar-refractivity contribution in [1.29, 1.82) is 0 Å². The molecule has 2 N–H and O–H groups in total. The van der Waals surface area contributed by atoms with Gasteiger partial charge in [0.2, 0.25) is 0 Å². The zero-order chi connectivity index (χ0) is 13.0. The maximum absolute atomic E-state index is 13.1. The Balaban J connectivity index is 2.64. The van der Waals surface area contributed by atoms with Crippen LogP contribution in [-0.4, -0.2) is 23.7 Å². The third kappa shape index (κ3) is 4.15.